The third-order valence-electron chi connectivity index (χ3n) is 4.64. The van der Waals surface area contributed by atoms with Crippen LogP contribution in [0.15, 0.2) is 89.8 Å². The Balaban J connectivity index is 1.74. The molecule has 0 spiro atoms. The van der Waals surface area contributed by atoms with Crippen LogP contribution in [0.1, 0.15) is 12.5 Å². The quantitative estimate of drug-likeness (QED) is 0.520. The molecule has 3 aromatic rings. The summed E-state index contributed by atoms with van der Waals surface area (Å²) < 4.78 is 33.0. The van der Waals surface area contributed by atoms with Crippen LogP contribution in [0.5, 0.6) is 5.75 Å². The van der Waals surface area contributed by atoms with E-state index in [1.807, 2.05) is 37.3 Å². The summed E-state index contributed by atoms with van der Waals surface area (Å²) in [5.74, 6) is 0.299. The topological polar surface area (TPSA) is 75.7 Å². The van der Waals surface area contributed by atoms with Gasteiger partial charge in [-0.3, -0.25) is 4.79 Å². The molecule has 0 saturated carbocycles. The summed E-state index contributed by atoms with van der Waals surface area (Å²) >= 11 is 0. The average molecular weight is 439 g/mol. The first-order chi connectivity index (χ1) is 15.0. The Morgan fingerprint density at radius 2 is 1.52 bits per heavy atom. The Kier molecular flexibility index (Phi) is 7.81. The zero-order valence-corrected chi connectivity index (χ0v) is 18.2. The number of nitrogens with one attached hydrogen (secondary N) is 1. The van der Waals surface area contributed by atoms with E-state index in [0.29, 0.717) is 24.5 Å². The van der Waals surface area contributed by atoms with Gasteiger partial charge in [0.15, 0.2) is 0 Å². The minimum atomic E-state index is -3.82. The Morgan fingerprint density at radius 1 is 0.903 bits per heavy atom. The van der Waals surface area contributed by atoms with E-state index in [1.165, 1.54) is 16.4 Å². The number of sulfonamides is 1. The lowest BCUT2D eigenvalue weighted by Crippen LogP contribution is -2.39. The molecular weight excluding hydrogens is 412 g/mol. The second-order valence-corrected chi connectivity index (χ2v) is 8.83. The highest BCUT2D eigenvalue weighted by Crippen LogP contribution is 2.18. The predicted molar refractivity (Wildman–Crippen MR) is 122 cm³/mol. The van der Waals surface area contributed by atoms with Crippen LogP contribution < -0.4 is 10.1 Å². The molecule has 0 atom stereocenters. The van der Waals surface area contributed by atoms with Crippen LogP contribution in [0.2, 0.25) is 0 Å². The molecule has 7 heteroatoms. The van der Waals surface area contributed by atoms with E-state index in [-0.39, 0.29) is 18.0 Å². The summed E-state index contributed by atoms with van der Waals surface area (Å²) in [4.78, 5) is 12.8. The molecule has 31 heavy (non-hydrogen) atoms. The Bertz CT molecular complexity index is 1070. The molecule has 1 amide bonds. The van der Waals surface area contributed by atoms with E-state index in [4.69, 9.17) is 4.74 Å². The van der Waals surface area contributed by atoms with Crippen LogP contribution in [0, 0.1) is 0 Å². The van der Waals surface area contributed by atoms with Crippen molar-refractivity contribution in [1.29, 1.82) is 0 Å². The molecule has 3 rings (SSSR count). The van der Waals surface area contributed by atoms with Crippen LogP contribution in [0.4, 0.5) is 5.69 Å². The monoisotopic (exact) mass is 438 g/mol. The van der Waals surface area contributed by atoms with Gasteiger partial charge in [0.1, 0.15) is 5.75 Å². The van der Waals surface area contributed by atoms with Gasteiger partial charge in [0, 0.05) is 12.2 Å². The van der Waals surface area contributed by atoms with Crippen LogP contribution in [-0.2, 0) is 21.2 Å². The number of benzene rings is 3. The number of hydrogen-bond donors (Lipinski definition) is 1. The first-order valence-electron chi connectivity index (χ1n) is 10.1. The Hall–Kier alpha value is -3.16. The van der Waals surface area contributed by atoms with Crippen molar-refractivity contribution in [1.82, 2.24) is 4.31 Å². The Morgan fingerprint density at radius 3 is 2.13 bits per heavy atom. The number of nitrogens with zero attached hydrogens (tertiary/aromatic N) is 1. The third-order valence-corrected chi connectivity index (χ3v) is 6.50. The van der Waals surface area contributed by atoms with Gasteiger partial charge in [0.25, 0.3) is 0 Å². The molecule has 0 radical (unpaired) electrons. The fourth-order valence-corrected chi connectivity index (χ4v) is 4.50. The standard InChI is InChI=1S/C24H26N2O4S/c1-2-30-22-15-13-21(14-16-22)25-24(27)19-26(18-17-20-9-5-3-6-10-20)31(28,29)23-11-7-4-8-12-23/h3-16H,2,17-19H2,1H3,(H,25,27). The molecule has 0 aliphatic heterocycles. The van der Waals surface area contributed by atoms with Gasteiger partial charge < -0.3 is 10.1 Å². The largest absolute Gasteiger partial charge is 0.494 e. The molecule has 0 unspecified atom stereocenters. The fraction of sp³-hybridized carbons (Fsp3) is 0.208. The number of rotatable bonds is 10. The lowest BCUT2D eigenvalue weighted by molar-refractivity contribution is -0.116. The molecule has 0 aliphatic rings. The van der Waals surface area contributed by atoms with Crippen molar-refractivity contribution in [2.75, 3.05) is 25.0 Å². The lowest BCUT2D eigenvalue weighted by Gasteiger charge is -2.22. The smallest absolute Gasteiger partial charge is 0.243 e. The van der Waals surface area contributed by atoms with Gasteiger partial charge in [-0.2, -0.15) is 4.31 Å². The third kappa shape index (κ3) is 6.41. The number of ether oxygens (including phenoxy) is 1. The van der Waals surface area contributed by atoms with E-state index in [0.717, 1.165) is 5.56 Å². The summed E-state index contributed by atoms with van der Waals surface area (Å²) in [6, 6.07) is 24.7. The van der Waals surface area contributed by atoms with Crippen molar-refractivity contribution in [3.8, 4) is 5.75 Å². The summed E-state index contributed by atoms with van der Waals surface area (Å²) in [6.45, 7) is 2.36. The summed E-state index contributed by atoms with van der Waals surface area (Å²) in [5.41, 5.74) is 1.58. The van der Waals surface area contributed by atoms with Gasteiger partial charge in [0.2, 0.25) is 15.9 Å². The SMILES string of the molecule is CCOc1ccc(NC(=O)CN(CCc2ccccc2)S(=O)(=O)c2ccccc2)cc1. The van der Waals surface area contributed by atoms with Gasteiger partial charge in [0.05, 0.1) is 18.0 Å². The van der Waals surface area contributed by atoms with Crippen molar-refractivity contribution in [2.45, 2.75) is 18.2 Å². The van der Waals surface area contributed by atoms with Crippen molar-refractivity contribution >= 4 is 21.6 Å². The van der Waals surface area contributed by atoms with E-state index in [2.05, 4.69) is 5.32 Å². The number of anilines is 1. The molecule has 3 aromatic carbocycles. The second kappa shape index (κ2) is 10.7. The van der Waals surface area contributed by atoms with Gasteiger partial charge in [-0.1, -0.05) is 48.5 Å². The highest BCUT2D eigenvalue weighted by atomic mass is 32.2. The molecule has 0 bridgehead atoms. The molecular formula is C24H26N2O4S. The van der Waals surface area contributed by atoms with E-state index >= 15 is 0 Å². The second-order valence-electron chi connectivity index (χ2n) is 6.89. The summed E-state index contributed by atoms with van der Waals surface area (Å²) in [5, 5.41) is 2.76. The molecule has 1 N–H and O–H groups in total. The van der Waals surface area contributed by atoms with E-state index in [9.17, 15) is 13.2 Å². The zero-order valence-electron chi connectivity index (χ0n) is 17.4. The van der Waals surface area contributed by atoms with Gasteiger partial charge >= 0.3 is 0 Å². The zero-order chi connectivity index (χ0) is 22.1. The molecule has 0 aromatic heterocycles. The fourth-order valence-electron chi connectivity index (χ4n) is 3.09. The van der Waals surface area contributed by atoms with E-state index in [1.54, 1.807) is 42.5 Å². The minimum absolute atomic E-state index is 0.164. The van der Waals surface area contributed by atoms with Gasteiger partial charge in [-0.15, -0.1) is 0 Å². The predicted octanol–water partition coefficient (Wildman–Crippen LogP) is 3.96. The molecule has 162 valence electrons. The number of carbonyl (C=O) groups is 1. The van der Waals surface area contributed by atoms with Gasteiger partial charge in [-0.05, 0) is 55.3 Å². The summed E-state index contributed by atoms with van der Waals surface area (Å²) in [7, 11) is -3.82. The molecule has 0 saturated heterocycles. The maximum atomic E-state index is 13.2. The van der Waals surface area contributed by atoms with Gasteiger partial charge in [-0.25, -0.2) is 8.42 Å². The first-order valence-corrected chi connectivity index (χ1v) is 11.5. The average Bonchev–Trinajstić information content (AvgIpc) is 2.79. The Labute approximate surface area is 183 Å². The van der Waals surface area contributed by atoms with Crippen LogP contribution in [0.3, 0.4) is 0 Å². The number of carbonyl (C=O) groups excluding carboxylic acids is 1. The number of hydrogen-bond acceptors (Lipinski definition) is 4. The molecule has 0 heterocycles. The van der Waals surface area contributed by atoms with Crippen molar-refractivity contribution in [3.63, 3.8) is 0 Å². The highest BCUT2D eigenvalue weighted by Gasteiger charge is 2.26. The minimum Gasteiger partial charge on any atom is -0.494 e. The lowest BCUT2D eigenvalue weighted by atomic mass is 10.1. The highest BCUT2D eigenvalue weighted by molar-refractivity contribution is 7.89. The molecule has 0 aliphatic carbocycles. The van der Waals surface area contributed by atoms with Crippen LogP contribution in [0.25, 0.3) is 0 Å². The number of amides is 1. The molecule has 0 fully saturated rings. The maximum Gasteiger partial charge on any atom is 0.243 e. The van der Waals surface area contributed by atoms with Crippen molar-refractivity contribution in [2.24, 2.45) is 0 Å². The summed E-state index contributed by atoms with van der Waals surface area (Å²) in [6.07, 6.45) is 0.503. The van der Waals surface area contributed by atoms with E-state index < -0.39 is 15.9 Å². The first kappa shape index (κ1) is 22.5. The van der Waals surface area contributed by atoms with Crippen LogP contribution >= 0.6 is 0 Å². The van der Waals surface area contributed by atoms with Crippen LogP contribution in [-0.4, -0.2) is 38.3 Å². The maximum absolute atomic E-state index is 13.2. The van der Waals surface area contributed by atoms with Crippen molar-refractivity contribution in [3.05, 3.63) is 90.5 Å². The van der Waals surface area contributed by atoms with Crippen molar-refractivity contribution < 1.29 is 17.9 Å². The molecule has 6 nitrogen and oxygen atoms in total. The normalized spacial score (nSPS) is 11.3.